The van der Waals surface area contributed by atoms with Gasteiger partial charge in [-0.25, -0.2) is 18.4 Å². The van der Waals surface area contributed by atoms with Crippen LogP contribution in [0.5, 0.6) is 0 Å². The molecule has 2 amide bonds. The Morgan fingerprint density at radius 2 is 1.84 bits per heavy atom. The van der Waals surface area contributed by atoms with Gasteiger partial charge in [0.2, 0.25) is 10.0 Å². The molecule has 4 N–H and O–H groups in total. The third-order valence-corrected chi connectivity index (χ3v) is 4.81. The standard InChI is InChI=1S/C17H29N3O4S/c1-2-3-4-5-12-20(13-14-21)17(22)19-11-10-15-6-8-16(9-7-15)25(18,23)24/h6-9,21H,2-5,10-14H2,1H3,(H,19,22)(H2,18,23,24). The maximum absolute atomic E-state index is 12.2. The van der Waals surface area contributed by atoms with Crippen molar-refractivity contribution in [2.75, 3.05) is 26.2 Å². The van der Waals surface area contributed by atoms with Crippen molar-refractivity contribution in [1.82, 2.24) is 10.2 Å². The molecule has 0 fully saturated rings. The molecule has 142 valence electrons. The Bertz CT molecular complexity index is 617. The first kappa shape index (κ1) is 21.4. The number of carbonyl (C=O) groups is 1. The van der Waals surface area contributed by atoms with E-state index in [1.165, 1.54) is 12.1 Å². The van der Waals surface area contributed by atoms with Crippen LogP contribution in [0.2, 0.25) is 0 Å². The molecule has 0 unspecified atom stereocenters. The van der Waals surface area contributed by atoms with E-state index in [4.69, 9.17) is 10.2 Å². The van der Waals surface area contributed by atoms with Crippen LogP contribution in [0.4, 0.5) is 4.79 Å². The van der Waals surface area contributed by atoms with Gasteiger partial charge in [0.1, 0.15) is 0 Å². The minimum Gasteiger partial charge on any atom is -0.395 e. The van der Waals surface area contributed by atoms with E-state index in [-0.39, 0.29) is 17.5 Å². The molecule has 0 saturated heterocycles. The van der Waals surface area contributed by atoms with E-state index in [9.17, 15) is 13.2 Å². The van der Waals surface area contributed by atoms with Gasteiger partial charge in [-0.05, 0) is 30.5 Å². The molecule has 1 rings (SSSR count). The number of hydrogen-bond acceptors (Lipinski definition) is 4. The summed E-state index contributed by atoms with van der Waals surface area (Å²) in [4.78, 5) is 13.9. The third-order valence-electron chi connectivity index (χ3n) is 3.88. The van der Waals surface area contributed by atoms with Gasteiger partial charge in [-0.1, -0.05) is 38.3 Å². The quantitative estimate of drug-likeness (QED) is 0.511. The van der Waals surface area contributed by atoms with Gasteiger partial charge in [0.25, 0.3) is 0 Å². The van der Waals surface area contributed by atoms with Crippen LogP contribution < -0.4 is 10.5 Å². The molecule has 0 atom stereocenters. The monoisotopic (exact) mass is 371 g/mol. The van der Waals surface area contributed by atoms with Crippen LogP contribution in [0.25, 0.3) is 0 Å². The first-order valence-electron chi connectivity index (χ1n) is 8.64. The molecule has 0 aromatic heterocycles. The number of aliphatic hydroxyl groups excluding tert-OH is 1. The molecule has 0 saturated carbocycles. The zero-order valence-corrected chi connectivity index (χ0v) is 15.6. The first-order valence-corrected chi connectivity index (χ1v) is 10.2. The first-order chi connectivity index (χ1) is 11.9. The van der Waals surface area contributed by atoms with Gasteiger partial charge < -0.3 is 15.3 Å². The van der Waals surface area contributed by atoms with E-state index in [1.54, 1.807) is 17.0 Å². The second-order valence-corrected chi connectivity index (χ2v) is 7.50. The van der Waals surface area contributed by atoms with E-state index in [1.807, 2.05) is 0 Å². The molecule has 0 heterocycles. The zero-order valence-electron chi connectivity index (χ0n) is 14.8. The fourth-order valence-electron chi connectivity index (χ4n) is 2.44. The molecule has 0 aliphatic rings. The van der Waals surface area contributed by atoms with Crippen LogP contribution in [0.3, 0.4) is 0 Å². The number of nitrogens with zero attached hydrogens (tertiary/aromatic N) is 1. The molecule has 1 aromatic rings. The number of primary sulfonamides is 1. The van der Waals surface area contributed by atoms with Crippen LogP contribution in [-0.2, 0) is 16.4 Å². The van der Waals surface area contributed by atoms with Gasteiger partial charge in [0.15, 0.2) is 0 Å². The summed E-state index contributed by atoms with van der Waals surface area (Å²) in [6.45, 7) is 3.46. The average Bonchev–Trinajstić information content (AvgIpc) is 2.57. The molecule has 0 aliphatic heterocycles. The van der Waals surface area contributed by atoms with Gasteiger partial charge in [-0.15, -0.1) is 0 Å². The number of urea groups is 1. The highest BCUT2D eigenvalue weighted by molar-refractivity contribution is 7.89. The molecular formula is C17H29N3O4S. The number of sulfonamides is 1. The fraction of sp³-hybridized carbons (Fsp3) is 0.588. The lowest BCUT2D eigenvalue weighted by Gasteiger charge is -2.22. The van der Waals surface area contributed by atoms with E-state index >= 15 is 0 Å². The van der Waals surface area contributed by atoms with Crippen molar-refractivity contribution in [3.05, 3.63) is 29.8 Å². The number of nitrogens with two attached hydrogens (primary N) is 1. The van der Waals surface area contributed by atoms with Crippen molar-refractivity contribution < 1.29 is 18.3 Å². The van der Waals surface area contributed by atoms with Crippen molar-refractivity contribution in [3.63, 3.8) is 0 Å². The summed E-state index contributed by atoms with van der Waals surface area (Å²) in [6, 6.07) is 6.09. The molecule has 0 aliphatic carbocycles. The minimum absolute atomic E-state index is 0.0593. The van der Waals surface area contributed by atoms with E-state index in [2.05, 4.69) is 12.2 Å². The predicted octanol–water partition coefficient (Wildman–Crippen LogP) is 1.46. The van der Waals surface area contributed by atoms with Gasteiger partial charge in [0.05, 0.1) is 11.5 Å². The van der Waals surface area contributed by atoms with Crippen molar-refractivity contribution in [2.45, 2.75) is 43.9 Å². The summed E-state index contributed by atoms with van der Waals surface area (Å²) < 4.78 is 22.4. The lowest BCUT2D eigenvalue weighted by atomic mass is 10.1. The number of benzene rings is 1. The summed E-state index contributed by atoms with van der Waals surface area (Å²) >= 11 is 0. The maximum atomic E-state index is 12.2. The molecular weight excluding hydrogens is 342 g/mol. The molecule has 25 heavy (non-hydrogen) atoms. The van der Waals surface area contributed by atoms with E-state index in [0.717, 1.165) is 31.2 Å². The Morgan fingerprint density at radius 3 is 2.40 bits per heavy atom. The Morgan fingerprint density at radius 1 is 1.16 bits per heavy atom. The number of rotatable bonds is 11. The normalized spacial score (nSPS) is 11.3. The van der Waals surface area contributed by atoms with Gasteiger partial charge >= 0.3 is 6.03 Å². The maximum Gasteiger partial charge on any atom is 0.317 e. The van der Waals surface area contributed by atoms with Crippen molar-refractivity contribution in [3.8, 4) is 0 Å². The van der Waals surface area contributed by atoms with Gasteiger partial charge in [0, 0.05) is 19.6 Å². The Labute approximate surface area is 150 Å². The average molecular weight is 372 g/mol. The van der Waals surface area contributed by atoms with Gasteiger partial charge in [-0.3, -0.25) is 0 Å². The van der Waals surface area contributed by atoms with Crippen molar-refractivity contribution >= 4 is 16.1 Å². The number of carbonyl (C=O) groups excluding carboxylic acids is 1. The molecule has 0 bridgehead atoms. The number of unbranched alkanes of at least 4 members (excludes halogenated alkanes) is 3. The predicted molar refractivity (Wildman–Crippen MR) is 97.7 cm³/mol. The van der Waals surface area contributed by atoms with Crippen LogP contribution in [0.15, 0.2) is 29.2 Å². The Kier molecular flexibility index (Phi) is 9.48. The highest BCUT2D eigenvalue weighted by atomic mass is 32.2. The highest BCUT2D eigenvalue weighted by Crippen LogP contribution is 2.09. The zero-order chi connectivity index (χ0) is 18.7. The molecule has 0 spiro atoms. The lowest BCUT2D eigenvalue weighted by molar-refractivity contribution is 0.176. The molecule has 0 radical (unpaired) electrons. The summed E-state index contributed by atoms with van der Waals surface area (Å²) in [7, 11) is -3.68. The lowest BCUT2D eigenvalue weighted by Crippen LogP contribution is -2.42. The molecule has 1 aromatic carbocycles. The summed E-state index contributed by atoms with van der Waals surface area (Å²) in [6.07, 6.45) is 4.86. The minimum atomic E-state index is -3.68. The van der Waals surface area contributed by atoms with E-state index in [0.29, 0.717) is 26.1 Å². The summed E-state index contributed by atoms with van der Waals surface area (Å²) in [5, 5.41) is 17.0. The van der Waals surface area contributed by atoms with Crippen LogP contribution in [0.1, 0.15) is 38.2 Å². The number of amides is 2. The molecule has 7 nitrogen and oxygen atoms in total. The smallest absolute Gasteiger partial charge is 0.317 e. The Hall–Kier alpha value is -1.64. The topological polar surface area (TPSA) is 113 Å². The summed E-state index contributed by atoms with van der Waals surface area (Å²) in [5.74, 6) is 0. The van der Waals surface area contributed by atoms with Crippen molar-refractivity contribution in [1.29, 1.82) is 0 Å². The van der Waals surface area contributed by atoms with Crippen LogP contribution in [-0.4, -0.2) is 50.7 Å². The molecule has 8 heteroatoms. The second-order valence-electron chi connectivity index (χ2n) is 5.94. The third kappa shape index (κ3) is 8.33. The summed E-state index contributed by atoms with van der Waals surface area (Å²) in [5.41, 5.74) is 0.907. The SMILES string of the molecule is CCCCCCN(CCO)C(=O)NCCc1ccc(S(N)(=O)=O)cc1. The number of hydrogen-bond donors (Lipinski definition) is 3. The Balaban J connectivity index is 2.42. The largest absolute Gasteiger partial charge is 0.395 e. The van der Waals surface area contributed by atoms with Crippen LogP contribution >= 0.6 is 0 Å². The highest BCUT2D eigenvalue weighted by Gasteiger charge is 2.12. The van der Waals surface area contributed by atoms with Crippen molar-refractivity contribution in [2.24, 2.45) is 5.14 Å². The number of nitrogens with one attached hydrogen (secondary N) is 1. The number of aliphatic hydroxyl groups is 1. The second kappa shape index (κ2) is 11.1. The van der Waals surface area contributed by atoms with Crippen LogP contribution in [0, 0.1) is 0 Å². The van der Waals surface area contributed by atoms with Gasteiger partial charge in [-0.2, -0.15) is 0 Å². The van der Waals surface area contributed by atoms with E-state index < -0.39 is 10.0 Å². The fourth-order valence-corrected chi connectivity index (χ4v) is 2.95.